The van der Waals surface area contributed by atoms with Gasteiger partial charge in [0.15, 0.2) is 11.6 Å². The molecule has 1 heterocycles. The van der Waals surface area contributed by atoms with Crippen LogP contribution in [0.1, 0.15) is 12.5 Å². The Morgan fingerprint density at radius 2 is 2.23 bits per heavy atom. The Balaban J connectivity index is 2.39. The third-order valence-electron chi connectivity index (χ3n) is 2.34. The summed E-state index contributed by atoms with van der Waals surface area (Å²) in [7, 11) is 1.46. The van der Waals surface area contributed by atoms with E-state index in [0.29, 0.717) is 6.61 Å². The average Bonchev–Trinajstić information content (AvgIpc) is 2.86. The maximum atomic E-state index is 13.0. The molecular formula is C10H11FO2. The molecule has 0 amide bonds. The van der Waals surface area contributed by atoms with E-state index in [0.717, 1.165) is 5.56 Å². The number of benzene rings is 1. The Morgan fingerprint density at radius 1 is 1.54 bits per heavy atom. The van der Waals surface area contributed by atoms with Crippen molar-refractivity contribution in [3.05, 3.63) is 29.6 Å². The highest BCUT2D eigenvalue weighted by Gasteiger charge is 2.41. The summed E-state index contributed by atoms with van der Waals surface area (Å²) >= 11 is 0. The highest BCUT2D eigenvalue weighted by atomic mass is 19.1. The molecule has 1 fully saturated rings. The summed E-state index contributed by atoms with van der Waals surface area (Å²) < 4.78 is 23.1. The van der Waals surface area contributed by atoms with E-state index in [1.54, 1.807) is 12.1 Å². The normalized spacial score (nSPS) is 25.8. The summed E-state index contributed by atoms with van der Waals surface area (Å²) in [6.45, 7) is 2.67. The molecule has 0 radical (unpaired) electrons. The van der Waals surface area contributed by atoms with Gasteiger partial charge in [-0.15, -0.1) is 0 Å². The van der Waals surface area contributed by atoms with E-state index in [4.69, 9.17) is 9.47 Å². The van der Waals surface area contributed by atoms with Crippen molar-refractivity contribution in [3.63, 3.8) is 0 Å². The van der Waals surface area contributed by atoms with Crippen molar-refractivity contribution < 1.29 is 13.9 Å². The standard InChI is InChI=1S/C10H11FO2/c1-10(6-13-10)7-3-4-8(11)9(5-7)12-2/h3-5H,6H2,1-2H3. The topological polar surface area (TPSA) is 21.8 Å². The molecule has 1 aromatic rings. The summed E-state index contributed by atoms with van der Waals surface area (Å²) in [6.07, 6.45) is 0. The van der Waals surface area contributed by atoms with Crippen molar-refractivity contribution in [2.75, 3.05) is 13.7 Å². The molecule has 2 nitrogen and oxygen atoms in total. The Labute approximate surface area is 76.3 Å². The van der Waals surface area contributed by atoms with Gasteiger partial charge in [-0.2, -0.15) is 0 Å². The molecule has 1 atom stereocenters. The Hall–Kier alpha value is -1.09. The van der Waals surface area contributed by atoms with Crippen LogP contribution < -0.4 is 4.74 Å². The Bertz CT molecular complexity index is 332. The van der Waals surface area contributed by atoms with Crippen LogP contribution in [0.5, 0.6) is 5.75 Å². The van der Waals surface area contributed by atoms with Gasteiger partial charge in [0.1, 0.15) is 5.60 Å². The Morgan fingerprint density at radius 3 is 2.77 bits per heavy atom. The molecule has 13 heavy (non-hydrogen) atoms. The minimum absolute atomic E-state index is 0.221. The third-order valence-corrected chi connectivity index (χ3v) is 2.34. The van der Waals surface area contributed by atoms with E-state index < -0.39 is 0 Å². The third kappa shape index (κ3) is 1.40. The van der Waals surface area contributed by atoms with Crippen molar-refractivity contribution in [2.24, 2.45) is 0 Å². The van der Waals surface area contributed by atoms with E-state index in [-0.39, 0.29) is 17.2 Å². The van der Waals surface area contributed by atoms with Gasteiger partial charge in [-0.3, -0.25) is 0 Å². The molecule has 1 unspecified atom stereocenters. The maximum absolute atomic E-state index is 13.0. The zero-order chi connectivity index (χ0) is 9.47. The fourth-order valence-corrected chi connectivity index (χ4v) is 1.26. The molecule has 1 saturated heterocycles. The molecule has 0 saturated carbocycles. The molecule has 70 valence electrons. The number of methoxy groups -OCH3 is 1. The zero-order valence-electron chi connectivity index (χ0n) is 7.63. The number of hydrogen-bond acceptors (Lipinski definition) is 2. The maximum Gasteiger partial charge on any atom is 0.165 e. The molecule has 1 aliphatic rings. The first-order valence-corrected chi connectivity index (χ1v) is 4.14. The smallest absolute Gasteiger partial charge is 0.165 e. The van der Waals surface area contributed by atoms with Crippen LogP contribution in [0, 0.1) is 5.82 Å². The first-order chi connectivity index (χ1) is 6.15. The van der Waals surface area contributed by atoms with Gasteiger partial charge in [0.2, 0.25) is 0 Å². The van der Waals surface area contributed by atoms with Crippen molar-refractivity contribution in [1.29, 1.82) is 0 Å². The number of ether oxygens (including phenoxy) is 2. The van der Waals surface area contributed by atoms with Crippen molar-refractivity contribution in [3.8, 4) is 5.75 Å². The summed E-state index contributed by atoms with van der Waals surface area (Å²) in [5, 5.41) is 0. The van der Waals surface area contributed by atoms with Gasteiger partial charge in [-0.1, -0.05) is 6.07 Å². The SMILES string of the molecule is COc1cc(C2(C)CO2)ccc1F. The summed E-state index contributed by atoms with van der Waals surface area (Å²) in [5.74, 6) is -0.0651. The second-order valence-corrected chi connectivity index (χ2v) is 3.37. The lowest BCUT2D eigenvalue weighted by molar-refractivity contribution is 0.326. The highest BCUT2D eigenvalue weighted by Crippen LogP contribution is 2.39. The van der Waals surface area contributed by atoms with Crippen LogP contribution in [0.25, 0.3) is 0 Å². The Kier molecular flexibility index (Phi) is 1.77. The van der Waals surface area contributed by atoms with Crippen molar-refractivity contribution >= 4 is 0 Å². The molecule has 0 N–H and O–H groups in total. The van der Waals surface area contributed by atoms with Crippen LogP contribution in [0.3, 0.4) is 0 Å². The molecule has 0 aliphatic carbocycles. The molecule has 2 rings (SSSR count). The summed E-state index contributed by atoms with van der Waals surface area (Å²) in [6, 6.07) is 4.81. The molecular weight excluding hydrogens is 171 g/mol. The number of halogens is 1. The average molecular weight is 182 g/mol. The lowest BCUT2D eigenvalue weighted by atomic mass is 10.0. The van der Waals surface area contributed by atoms with Crippen LogP contribution in [0.4, 0.5) is 4.39 Å². The first-order valence-electron chi connectivity index (χ1n) is 4.14. The van der Waals surface area contributed by atoms with Crippen LogP contribution in [-0.4, -0.2) is 13.7 Å². The van der Waals surface area contributed by atoms with Gasteiger partial charge in [-0.05, 0) is 24.6 Å². The lowest BCUT2D eigenvalue weighted by Gasteiger charge is -2.08. The second kappa shape index (κ2) is 2.70. The van der Waals surface area contributed by atoms with E-state index in [2.05, 4.69) is 0 Å². The van der Waals surface area contributed by atoms with Crippen molar-refractivity contribution in [1.82, 2.24) is 0 Å². The van der Waals surface area contributed by atoms with Gasteiger partial charge >= 0.3 is 0 Å². The summed E-state index contributed by atoms with van der Waals surface area (Å²) in [5.41, 5.74) is 0.742. The van der Waals surface area contributed by atoms with Crippen molar-refractivity contribution in [2.45, 2.75) is 12.5 Å². The van der Waals surface area contributed by atoms with Gasteiger partial charge in [-0.25, -0.2) is 4.39 Å². The van der Waals surface area contributed by atoms with E-state index >= 15 is 0 Å². The second-order valence-electron chi connectivity index (χ2n) is 3.37. The van der Waals surface area contributed by atoms with Gasteiger partial charge < -0.3 is 9.47 Å². The number of hydrogen-bond donors (Lipinski definition) is 0. The van der Waals surface area contributed by atoms with E-state index in [1.807, 2.05) is 6.92 Å². The molecule has 1 aromatic carbocycles. The van der Waals surface area contributed by atoms with Crippen LogP contribution in [0.15, 0.2) is 18.2 Å². The molecule has 0 bridgehead atoms. The quantitative estimate of drug-likeness (QED) is 0.653. The monoisotopic (exact) mass is 182 g/mol. The molecule has 1 aliphatic heterocycles. The minimum atomic E-state index is -0.337. The van der Waals surface area contributed by atoms with E-state index in [9.17, 15) is 4.39 Å². The van der Waals surface area contributed by atoms with Gasteiger partial charge in [0.05, 0.1) is 13.7 Å². The predicted octanol–water partition coefficient (Wildman–Crippen LogP) is 2.08. The van der Waals surface area contributed by atoms with Crippen LogP contribution in [0.2, 0.25) is 0 Å². The fraction of sp³-hybridized carbons (Fsp3) is 0.400. The zero-order valence-corrected chi connectivity index (χ0v) is 7.63. The number of rotatable bonds is 2. The van der Waals surface area contributed by atoms with Crippen LogP contribution in [-0.2, 0) is 10.3 Å². The molecule has 3 heteroatoms. The fourth-order valence-electron chi connectivity index (χ4n) is 1.26. The molecule has 0 aromatic heterocycles. The first kappa shape index (κ1) is 8.51. The molecule has 0 spiro atoms. The largest absolute Gasteiger partial charge is 0.494 e. The summed E-state index contributed by atoms with van der Waals surface area (Å²) in [4.78, 5) is 0. The predicted molar refractivity (Wildman–Crippen MR) is 46.3 cm³/mol. The van der Waals surface area contributed by atoms with Crippen LogP contribution >= 0.6 is 0 Å². The van der Waals surface area contributed by atoms with Gasteiger partial charge in [0, 0.05) is 0 Å². The minimum Gasteiger partial charge on any atom is -0.494 e. The van der Waals surface area contributed by atoms with Gasteiger partial charge in [0.25, 0.3) is 0 Å². The number of epoxide rings is 1. The lowest BCUT2D eigenvalue weighted by Crippen LogP contribution is -2.02. The highest BCUT2D eigenvalue weighted by molar-refractivity contribution is 5.35. The van der Waals surface area contributed by atoms with E-state index in [1.165, 1.54) is 13.2 Å².